The highest BCUT2D eigenvalue weighted by Crippen LogP contribution is 2.12. The number of amides is 1. The molecule has 84 valence electrons. The molecule has 15 heavy (non-hydrogen) atoms. The number of nitrogens with one attached hydrogen (secondary N) is 1. The fourth-order valence-corrected chi connectivity index (χ4v) is 1.02. The van der Waals surface area contributed by atoms with E-state index in [-0.39, 0.29) is 17.9 Å². The Labute approximate surface area is 89.3 Å². The number of rotatable bonds is 4. The molecule has 0 saturated heterocycles. The number of furan rings is 1. The van der Waals surface area contributed by atoms with Gasteiger partial charge in [-0.25, -0.2) is 0 Å². The van der Waals surface area contributed by atoms with E-state index < -0.39 is 0 Å². The van der Waals surface area contributed by atoms with Crippen LogP contribution in [0.5, 0.6) is 0 Å². The van der Waals surface area contributed by atoms with E-state index in [2.05, 4.69) is 5.32 Å². The summed E-state index contributed by atoms with van der Waals surface area (Å²) in [6.45, 7) is 5.99. The van der Waals surface area contributed by atoms with Crippen molar-refractivity contribution < 1.29 is 14.3 Å². The quantitative estimate of drug-likeness (QED) is 0.790. The van der Waals surface area contributed by atoms with Crippen LogP contribution >= 0.6 is 0 Å². The molecule has 0 saturated carbocycles. The Morgan fingerprint density at radius 1 is 1.53 bits per heavy atom. The smallest absolute Gasteiger partial charge is 0.287 e. The van der Waals surface area contributed by atoms with Gasteiger partial charge in [-0.3, -0.25) is 4.79 Å². The molecule has 2 N–H and O–H groups in total. The van der Waals surface area contributed by atoms with Crippen molar-refractivity contribution in [3.63, 3.8) is 0 Å². The van der Waals surface area contributed by atoms with Crippen molar-refractivity contribution in [3.05, 3.63) is 23.7 Å². The summed E-state index contributed by atoms with van der Waals surface area (Å²) >= 11 is 0. The lowest BCUT2D eigenvalue weighted by atomic mass is 9.95. The van der Waals surface area contributed by atoms with Crippen LogP contribution < -0.4 is 5.32 Å². The lowest BCUT2D eigenvalue weighted by Crippen LogP contribution is -2.35. The van der Waals surface area contributed by atoms with Gasteiger partial charge in [-0.1, -0.05) is 13.8 Å². The largest absolute Gasteiger partial charge is 0.456 e. The zero-order valence-corrected chi connectivity index (χ0v) is 9.33. The highest BCUT2D eigenvalue weighted by molar-refractivity contribution is 5.91. The van der Waals surface area contributed by atoms with Crippen molar-refractivity contribution >= 4 is 5.91 Å². The predicted molar refractivity (Wildman–Crippen MR) is 56.6 cm³/mol. The van der Waals surface area contributed by atoms with Crippen LogP contribution in [0.2, 0.25) is 0 Å². The molecule has 0 unspecified atom stereocenters. The maximum Gasteiger partial charge on any atom is 0.287 e. The average molecular weight is 211 g/mol. The zero-order chi connectivity index (χ0) is 11.5. The minimum absolute atomic E-state index is 0.0322. The summed E-state index contributed by atoms with van der Waals surface area (Å²) in [7, 11) is 0. The second kappa shape index (κ2) is 4.49. The van der Waals surface area contributed by atoms with Gasteiger partial charge in [0.15, 0.2) is 5.76 Å². The van der Waals surface area contributed by atoms with Gasteiger partial charge in [0.25, 0.3) is 5.91 Å². The molecule has 4 nitrogen and oxygen atoms in total. The molecule has 0 aromatic carbocycles. The standard InChI is InChI=1S/C11H17NO3/c1-8-4-5-9(15-8)10(14)12-6-11(2,3)7-13/h4-5,13H,6-7H2,1-3H3,(H,12,14). The molecule has 0 radical (unpaired) electrons. The van der Waals surface area contributed by atoms with Gasteiger partial charge in [-0.05, 0) is 19.1 Å². The van der Waals surface area contributed by atoms with Gasteiger partial charge in [0.1, 0.15) is 5.76 Å². The second-order valence-corrected chi connectivity index (χ2v) is 4.42. The Morgan fingerprint density at radius 2 is 2.20 bits per heavy atom. The lowest BCUT2D eigenvalue weighted by molar-refractivity contribution is 0.0882. The Hall–Kier alpha value is -1.29. The van der Waals surface area contributed by atoms with Crippen LogP contribution in [-0.2, 0) is 0 Å². The molecule has 1 rings (SSSR count). The highest BCUT2D eigenvalue weighted by atomic mass is 16.3. The number of aliphatic hydroxyl groups is 1. The molecule has 1 amide bonds. The van der Waals surface area contributed by atoms with E-state index in [0.29, 0.717) is 18.1 Å². The molecular weight excluding hydrogens is 194 g/mol. The average Bonchev–Trinajstić information content (AvgIpc) is 2.61. The van der Waals surface area contributed by atoms with Gasteiger partial charge in [0.05, 0.1) is 0 Å². The third-order valence-corrected chi connectivity index (χ3v) is 2.12. The molecule has 0 aliphatic heterocycles. The molecule has 0 fully saturated rings. The number of hydrogen-bond donors (Lipinski definition) is 2. The number of hydrogen-bond acceptors (Lipinski definition) is 3. The third kappa shape index (κ3) is 3.40. The van der Waals surface area contributed by atoms with E-state index in [1.807, 2.05) is 13.8 Å². The van der Waals surface area contributed by atoms with Crippen molar-refractivity contribution in [1.29, 1.82) is 0 Å². The Kier molecular flexibility index (Phi) is 3.52. The molecule has 1 heterocycles. The molecule has 1 aromatic rings. The fraction of sp³-hybridized carbons (Fsp3) is 0.545. The third-order valence-electron chi connectivity index (χ3n) is 2.12. The van der Waals surface area contributed by atoms with Crippen molar-refractivity contribution in [2.45, 2.75) is 20.8 Å². The zero-order valence-electron chi connectivity index (χ0n) is 9.33. The van der Waals surface area contributed by atoms with Crippen LogP contribution in [0.1, 0.15) is 30.2 Å². The van der Waals surface area contributed by atoms with Crippen LogP contribution in [-0.4, -0.2) is 24.2 Å². The normalized spacial score (nSPS) is 11.5. The van der Waals surface area contributed by atoms with Gasteiger partial charge >= 0.3 is 0 Å². The number of aryl methyl sites for hydroxylation is 1. The van der Waals surface area contributed by atoms with Gasteiger partial charge in [-0.15, -0.1) is 0 Å². The minimum atomic E-state index is -0.308. The molecule has 0 aliphatic rings. The minimum Gasteiger partial charge on any atom is -0.456 e. The fourth-order valence-electron chi connectivity index (χ4n) is 1.02. The first-order valence-electron chi connectivity index (χ1n) is 4.90. The first kappa shape index (κ1) is 11.8. The lowest BCUT2D eigenvalue weighted by Gasteiger charge is -2.21. The molecular formula is C11H17NO3. The second-order valence-electron chi connectivity index (χ2n) is 4.42. The maximum atomic E-state index is 11.5. The monoisotopic (exact) mass is 211 g/mol. The first-order chi connectivity index (χ1) is 6.94. The maximum absolute atomic E-state index is 11.5. The van der Waals surface area contributed by atoms with Crippen molar-refractivity contribution in [2.24, 2.45) is 5.41 Å². The van der Waals surface area contributed by atoms with Crippen molar-refractivity contribution in [3.8, 4) is 0 Å². The van der Waals surface area contributed by atoms with E-state index in [0.717, 1.165) is 0 Å². The van der Waals surface area contributed by atoms with Gasteiger partial charge in [-0.2, -0.15) is 0 Å². The number of carbonyl (C=O) groups is 1. The van der Waals surface area contributed by atoms with E-state index >= 15 is 0 Å². The summed E-state index contributed by atoms with van der Waals surface area (Å²) in [5, 5.41) is 11.7. The van der Waals surface area contributed by atoms with E-state index in [1.54, 1.807) is 19.1 Å². The van der Waals surface area contributed by atoms with Crippen molar-refractivity contribution in [1.82, 2.24) is 5.32 Å². The van der Waals surface area contributed by atoms with Crippen molar-refractivity contribution in [2.75, 3.05) is 13.2 Å². The van der Waals surface area contributed by atoms with Gasteiger partial charge in [0, 0.05) is 18.6 Å². The summed E-state index contributed by atoms with van der Waals surface area (Å²) in [6.07, 6.45) is 0. The molecule has 1 aromatic heterocycles. The van der Waals surface area contributed by atoms with Crippen LogP contribution in [0.15, 0.2) is 16.5 Å². The Balaban J connectivity index is 2.50. The van der Waals surface area contributed by atoms with Gasteiger partial charge in [0.2, 0.25) is 0 Å². The van der Waals surface area contributed by atoms with E-state index in [1.165, 1.54) is 0 Å². The highest BCUT2D eigenvalue weighted by Gasteiger charge is 2.18. The topological polar surface area (TPSA) is 62.5 Å². The van der Waals surface area contributed by atoms with E-state index in [4.69, 9.17) is 9.52 Å². The molecule has 0 bridgehead atoms. The SMILES string of the molecule is Cc1ccc(C(=O)NCC(C)(C)CO)o1. The number of aliphatic hydroxyl groups excluding tert-OH is 1. The molecule has 0 aliphatic carbocycles. The van der Waals surface area contributed by atoms with Crippen LogP contribution in [0.25, 0.3) is 0 Å². The van der Waals surface area contributed by atoms with Gasteiger partial charge < -0.3 is 14.8 Å². The Morgan fingerprint density at radius 3 is 2.67 bits per heavy atom. The summed E-state index contributed by atoms with van der Waals surface area (Å²) < 4.78 is 5.17. The number of carbonyl (C=O) groups excluding carboxylic acids is 1. The van der Waals surface area contributed by atoms with E-state index in [9.17, 15) is 4.79 Å². The van der Waals surface area contributed by atoms with Crippen LogP contribution in [0.4, 0.5) is 0 Å². The first-order valence-corrected chi connectivity index (χ1v) is 4.90. The summed E-state index contributed by atoms with van der Waals surface area (Å²) in [5.74, 6) is 0.771. The Bertz CT molecular complexity index is 341. The molecule has 0 spiro atoms. The summed E-state index contributed by atoms with van der Waals surface area (Å²) in [4.78, 5) is 11.5. The summed E-state index contributed by atoms with van der Waals surface area (Å²) in [5.41, 5.74) is -0.308. The molecule has 0 atom stereocenters. The van der Waals surface area contributed by atoms with Crippen LogP contribution in [0, 0.1) is 12.3 Å². The predicted octanol–water partition coefficient (Wildman–Crippen LogP) is 1.34. The summed E-state index contributed by atoms with van der Waals surface area (Å²) in [6, 6.07) is 3.38. The molecule has 4 heteroatoms. The van der Waals surface area contributed by atoms with Crippen LogP contribution in [0.3, 0.4) is 0 Å².